The van der Waals surface area contributed by atoms with Gasteiger partial charge < -0.3 is 10.1 Å². The molecule has 0 saturated heterocycles. The summed E-state index contributed by atoms with van der Waals surface area (Å²) in [6.45, 7) is 3.31. The molecule has 2 aromatic rings. The predicted octanol–water partition coefficient (Wildman–Crippen LogP) is 3.30. The molecule has 0 radical (unpaired) electrons. The largest absolute Gasteiger partial charge is 0.497 e. The molecule has 1 atom stereocenters. The SMILES string of the molecule is COc1ccc([C@H](C)NC(=O)CN(c2ccc(C)c(Cl)c2)S(C)(=O)=O)cc1. The fourth-order valence-electron chi connectivity index (χ4n) is 2.53. The Morgan fingerprint density at radius 2 is 1.85 bits per heavy atom. The normalized spacial score (nSPS) is 12.3. The van der Waals surface area contributed by atoms with Gasteiger partial charge in [-0.15, -0.1) is 0 Å². The molecule has 0 bridgehead atoms. The summed E-state index contributed by atoms with van der Waals surface area (Å²) >= 11 is 6.10. The molecule has 0 fully saturated rings. The van der Waals surface area contributed by atoms with Crippen LogP contribution in [0.15, 0.2) is 42.5 Å². The fourth-order valence-corrected chi connectivity index (χ4v) is 3.55. The lowest BCUT2D eigenvalue weighted by Crippen LogP contribution is -2.41. The van der Waals surface area contributed by atoms with E-state index in [9.17, 15) is 13.2 Å². The van der Waals surface area contributed by atoms with Crippen molar-refractivity contribution in [3.8, 4) is 5.75 Å². The van der Waals surface area contributed by atoms with Crippen molar-refractivity contribution in [3.63, 3.8) is 0 Å². The predicted molar refractivity (Wildman–Crippen MR) is 108 cm³/mol. The molecule has 0 aliphatic rings. The zero-order valence-corrected chi connectivity index (χ0v) is 17.3. The third-order valence-electron chi connectivity index (χ3n) is 4.12. The number of halogens is 1. The highest BCUT2D eigenvalue weighted by Crippen LogP contribution is 2.25. The number of anilines is 1. The van der Waals surface area contributed by atoms with Crippen LogP contribution >= 0.6 is 11.6 Å². The van der Waals surface area contributed by atoms with Crippen LogP contribution in [0.5, 0.6) is 5.75 Å². The second-order valence-electron chi connectivity index (χ2n) is 6.27. The summed E-state index contributed by atoms with van der Waals surface area (Å²) in [5.41, 5.74) is 2.06. The number of aryl methyl sites for hydroxylation is 1. The maximum Gasteiger partial charge on any atom is 0.241 e. The van der Waals surface area contributed by atoms with Crippen molar-refractivity contribution in [2.75, 3.05) is 24.2 Å². The monoisotopic (exact) mass is 410 g/mol. The molecule has 0 spiro atoms. The van der Waals surface area contributed by atoms with E-state index < -0.39 is 15.9 Å². The smallest absolute Gasteiger partial charge is 0.241 e. The molecule has 0 unspecified atom stereocenters. The number of rotatable bonds is 7. The number of nitrogens with one attached hydrogen (secondary N) is 1. The highest BCUT2D eigenvalue weighted by atomic mass is 35.5. The van der Waals surface area contributed by atoms with Gasteiger partial charge in [0.05, 0.1) is 25.1 Å². The van der Waals surface area contributed by atoms with Gasteiger partial charge in [-0.1, -0.05) is 29.8 Å². The van der Waals surface area contributed by atoms with Gasteiger partial charge in [0.1, 0.15) is 12.3 Å². The molecular formula is C19H23ClN2O4S. The molecule has 1 N–H and O–H groups in total. The lowest BCUT2D eigenvalue weighted by molar-refractivity contribution is -0.120. The Balaban J connectivity index is 2.14. The maximum absolute atomic E-state index is 12.5. The first-order valence-corrected chi connectivity index (χ1v) is 10.5. The number of hydrogen-bond donors (Lipinski definition) is 1. The number of ether oxygens (including phenoxy) is 1. The number of nitrogens with zero attached hydrogens (tertiary/aromatic N) is 1. The topological polar surface area (TPSA) is 75.7 Å². The summed E-state index contributed by atoms with van der Waals surface area (Å²) in [4.78, 5) is 12.5. The Labute approximate surface area is 165 Å². The van der Waals surface area contributed by atoms with Crippen molar-refractivity contribution in [2.45, 2.75) is 19.9 Å². The van der Waals surface area contributed by atoms with E-state index >= 15 is 0 Å². The molecule has 8 heteroatoms. The van der Waals surface area contributed by atoms with Crippen LogP contribution in [0.25, 0.3) is 0 Å². The van der Waals surface area contributed by atoms with E-state index in [-0.39, 0.29) is 12.6 Å². The molecule has 2 aromatic carbocycles. The molecule has 6 nitrogen and oxygen atoms in total. The van der Waals surface area contributed by atoms with Crippen molar-refractivity contribution in [1.29, 1.82) is 0 Å². The molecule has 0 heterocycles. The van der Waals surface area contributed by atoms with Gasteiger partial charge in [-0.05, 0) is 49.2 Å². The maximum atomic E-state index is 12.5. The van der Waals surface area contributed by atoms with E-state index in [0.29, 0.717) is 10.7 Å². The van der Waals surface area contributed by atoms with Gasteiger partial charge in [0.15, 0.2) is 0 Å². The van der Waals surface area contributed by atoms with Gasteiger partial charge >= 0.3 is 0 Å². The van der Waals surface area contributed by atoms with Gasteiger partial charge in [0.2, 0.25) is 15.9 Å². The minimum atomic E-state index is -3.65. The van der Waals surface area contributed by atoms with Gasteiger partial charge in [-0.2, -0.15) is 0 Å². The van der Waals surface area contributed by atoms with Crippen LogP contribution in [0.2, 0.25) is 5.02 Å². The van der Waals surface area contributed by atoms with Gasteiger partial charge in [-0.3, -0.25) is 9.10 Å². The number of carbonyl (C=O) groups is 1. The van der Waals surface area contributed by atoms with Crippen molar-refractivity contribution < 1.29 is 17.9 Å². The van der Waals surface area contributed by atoms with Gasteiger partial charge in [0.25, 0.3) is 0 Å². The lowest BCUT2D eigenvalue weighted by Gasteiger charge is -2.23. The van der Waals surface area contributed by atoms with E-state index in [4.69, 9.17) is 16.3 Å². The molecule has 2 rings (SSSR count). The molecule has 146 valence electrons. The minimum Gasteiger partial charge on any atom is -0.497 e. The Morgan fingerprint density at radius 3 is 2.37 bits per heavy atom. The summed E-state index contributed by atoms with van der Waals surface area (Å²) in [5, 5.41) is 3.25. The van der Waals surface area contributed by atoms with E-state index in [1.54, 1.807) is 31.4 Å². The molecular weight excluding hydrogens is 388 g/mol. The average molecular weight is 411 g/mol. The van der Waals surface area contributed by atoms with E-state index in [1.807, 2.05) is 26.0 Å². The lowest BCUT2D eigenvalue weighted by atomic mass is 10.1. The number of carbonyl (C=O) groups excluding carboxylic acids is 1. The van der Waals surface area contributed by atoms with Crippen molar-refractivity contribution >= 4 is 33.2 Å². The molecule has 0 aliphatic heterocycles. The van der Waals surface area contributed by atoms with E-state index in [0.717, 1.165) is 27.4 Å². The Bertz CT molecular complexity index is 914. The van der Waals surface area contributed by atoms with Crippen LogP contribution in [-0.4, -0.2) is 34.2 Å². The van der Waals surface area contributed by atoms with Crippen LogP contribution in [0.4, 0.5) is 5.69 Å². The number of hydrogen-bond acceptors (Lipinski definition) is 4. The average Bonchev–Trinajstić information content (AvgIpc) is 2.61. The zero-order chi connectivity index (χ0) is 20.2. The highest BCUT2D eigenvalue weighted by Gasteiger charge is 2.22. The summed E-state index contributed by atoms with van der Waals surface area (Å²) in [5.74, 6) is 0.303. The Kier molecular flexibility index (Phi) is 6.73. The first kappa shape index (κ1) is 21.1. The molecule has 0 aliphatic carbocycles. The van der Waals surface area contributed by atoms with Crippen LogP contribution < -0.4 is 14.4 Å². The quantitative estimate of drug-likeness (QED) is 0.759. The third kappa shape index (κ3) is 5.61. The number of amides is 1. The minimum absolute atomic E-state index is 0.286. The number of methoxy groups -OCH3 is 1. The fraction of sp³-hybridized carbons (Fsp3) is 0.316. The zero-order valence-electron chi connectivity index (χ0n) is 15.7. The van der Waals surface area contributed by atoms with Crippen molar-refractivity contribution in [3.05, 3.63) is 58.6 Å². The first-order valence-electron chi connectivity index (χ1n) is 8.29. The van der Waals surface area contributed by atoms with E-state index in [2.05, 4.69) is 5.32 Å². The summed E-state index contributed by atoms with van der Waals surface area (Å²) in [6.07, 6.45) is 1.06. The summed E-state index contributed by atoms with van der Waals surface area (Å²) < 4.78 is 30.5. The second kappa shape index (κ2) is 8.63. The molecule has 0 aromatic heterocycles. The molecule has 1 amide bonds. The van der Waals surface area contributed by atoms with Gasteiger partial charge in [-0.25, -0.2) is 8.42 Å². The number of sulfonamides is 1. The third-order valence-corrected chi connectivity index (χ3v) is 5.67. The summed E-state index contributed by atoms with van der Waals surface area (Å²) in [7, 11) is -2.07. The van der Waals surface area contributed by atoms with Crippen LogP contribution in [0.3, 0.4) is 0 Å². The van der Waals surface area contributed by atoms with Gasteiger partial charge in [0, 0.05) is 5.02 Å². The number of benzene rings is 2. The van der Waals surface area contributed by atoms with Crippen LogP contribution in [0, 0.1) is 6.92 Å². The van der Waals surface area contributed by atoms with Crippen LogP contribution in [-0.2, 0) is 14.8 Å². The molecule has 0 saturated carbocycles. The standard InChI is InChI=1S/C19H23ClN2O4S/c1-13-5-8-16(11-18(13)20)22(27(4,24)25)12-19(23)21-14(2)15-6-9-17(26-3)10-7-15/h5-11,14H,12H2,1-4H3,(H,21,23)/t14-/m0/s1. The van der Waals surface area contributed by atoms with Crippen molar-refractivity contribution in [2.24, 2.45) is 0 Å². The highest BCUT2D eigenvalue weighted by molar-refractivity contribution is 7.92. The van der Waals surface area contributed by atoms with Crippen LogP contribution in [0.1, 0.15) is 24.1 Å². The van der Waals surface area contributed by atoms with Crippen molar-refractivity contribution in [1.82, 2.24) is 5.32 Å². The Hall–Kier alpha value is -2.25. The first-order chi connectivity index (χ1) is 12.6. The second-order valence-corrected chi connectivity index (χ2v) is 8.58. The molecule has 27 heavy (non-hydrogen) atoms. The van der Waals surface area contributed by atoms with E-state index in [1.165, 1.54) is 6.07 Å². The summed E-state index contributed by atoms with van der Waals surface area (Å²) in [6, 6.07) is 11.9. The Morgan fingerprint density at radius 1 is 1.22 bits per heavy atom.